The zero-order valence-corrected chi connectivity index (χ0v) is 12.8. The first kappa shape index (κ1) is 15.5. The topological polar surface area (TPSA) is 80.1 Å². The van der Waals surface area contributed by atoms with Gasteiger partial charge < -0.3 is 10.6 Å². The molecule has 0 amide bonds. The maximum Gasteiger partial charge on any atom is 0.276 e. The highest BCUT2D eigenvalue weighted by Gasteiger charge is 2.28. The van der Waals surface area contributed by atoms with Gasteiger partial charge in [0.25, 0.3) is 5.69 Å². The molecule has 1 aromatic rings. The van der Waals surface area contributed by atoms with Gasteiger partial charge in [0.05, 0.1) is 17.1 Å². The molecule has 0 radical (unpaired) electrons. The fraction of sp³-hybridized carbons (Fsp3) is 0.667. The van der Waals surface area contributed by atoms with E-state index in [1.54, 1.807) is 0 Å². The van der Waals surface area contributed by atoms with Gasteiger partial charge in [-0.25, -0.2) is 4.98 Å². The molecular weight excluding hydrogens is 268 g/mol. The van der Waals surface area contributed by atoms with Crippen LogP contribution in [-0.4, -0.2) is 23.0 Å². The van der Waals surface area contributed by atoms with E-state index < -0.39 is 0 Å². The van der Waals surface area contributed by atoms with E-state index >= 15 is 0 Å². The van der Waals surface area contributed by atoms with Crippen molar-refractivity contribution in [1.82, 2.24) is 4.98 Å². The molecule has 2 rings (SSSR count). The fourth-order valence-corrected chi connectivity index (χ4v) is 2.77. The second-order valence-corrected chi connectivity index (χ2v) is 6.15. The van der Waals surface area contributed by atoms with E-state index in [4.69, 9.17) is 0 Å². The maximum absolute atomic E-state index is 11.0. The minimum absolute atomic E-state index is 0.0719. The van der Waals surface area contributed by atoms with E-state index in [2.05, 4.69) is 22.5 Å². The van der Waals surface area contributed by atoms with Crippen molar-refractivity contribution in [2.24, 2.45) is 5.41 Å². The molecule has 0 aromatic carbocycles. The van der Waals surface area contributed by atoms with Crippen molar-refractivity contribution in [2.75, 3.05) is 23.7 Å². The number of anilines is 2. The Morgan fingerprint density at radius 1 is 1.29 bits per heavy atom. The predicted octanol–water partition coefficient (Wildman–Crippen LogP) is 3.80. The Bertz CT molecular complexity index is 498. The molecule has 1 heterocycles. The summed E-state index contributed by atoms with van der Waals surface area (Å²) >= 11 is 0. The van der Waals surface area contributed by atoms with Crippen molar-refractivity contribution >= 4 is 17.3 Å². The molecule has 0 spiro atoms. The van der Waals surface area contributed by atoms with Crippen LogP contribution in [-0.2, 0) is 0 Å². The van der Waals surface area contributed by atoms with Crippen LogP contribution in [0.5, 0.6) is 0 Å². The number of hydrogen-bond donors (Lipinski definition) is 2. The van der Waals surface area contributed by atoms with Crippen LogP contribution in [0, 0.1) is 15.5 Å². The summed E-state index contributed by atoms with van der Waals surface area (Å²) in [4.78, 5) is 15.1. The third kappa shape index (κ3) is 4.31. The van der Waals surface area contributed by atoms with E-state index in [-0.39, 0.29) is 16.0 Å². The lowest BCUT2D eigenvalue weighted by molar-refractivity contribution is -0.384. The van der Waals surface area contributed by atoms with Gasteiger partial charge in [0.1, 0.15) is 11.6 Å². The summed E-state index contributed by atoms with van der Waals surface area (Å²) in [5, 5.41) is 17.4. The molecule has 21 heavy (non-hydrogen) atoms. The molecular formula is C15H24N4O2. The van der Waals surface area contributed by atoms with Crippen LogP contribution in [0.15, 0.2) is 12.1 Å². The van der Waals surface area contributed by atoms with E-state index in [1.165, 1.54) is 37.8 Å². The van der Waals surface area contributed by atoms with Gasteiger partial charge in [-0.05, 0) is 24.7 Å². The van der Waals surface area contributed by atoms with Crippen molar-refractivity contribution in [3.8, 4) is 0 Å². The first-order valence-electron chi connectivity index (χ1n) is 7.67. The number of nitrogens with one attached hydrogen (secondary N) is 2. The molecule has 1 aliphatic rings. The molecule has 6 nitrogen and oxygen atoms in total. The molecule has 1 aliphatic carbocycles. The van der Waals surface area contributed by atoms with E-state index in [0.29, 0.717) is 11.6 Å². The third-order valence-corrected chi connectivity index (χ3v) is 4.08. The Morgan fingerprint density at radius 2 is 1.90 bits per heavy atom. The maximum atomic E-state index is 11.0. The number of hydrogen-bond acceptors (Lipinski definition) is 5. The van der Waals surface area contributed by atoms with Gasteiger partial charge in [-0.15, -0.1) is 0 Å². The summed E-state index contributed by atoms with van der Waals surface area (Å²) < 4.78 is 0. The van der Waals surface area contributed by atoms with Gasteiger partial charge in [-0.3, -0.25) is 10.1 Å². The number of nitrogens with zero attached hydrogens (tertiary/aromatic N) is 2. The van der Waals surface area contributed by atoms with Crippen LogP contribution in [0.3, 0.4) is 0 Å². The third-order valence-electron chi connectivity index (χ3n) is 4.08. The Balaban J connectivity index is 2.09. The summed E-state index contributed by atoms with van der Waals surface area (Å²) in [6, 6.07) is 2.99. The molecule has 0 aliphatic heterocycles. The Hall–Kier alpha value is -1.85. The standard InChI is InChI=1S/C15H24N4O2/c1-3-8-16-13-9-12(19(20)21)10-14(18-13)17-11-15(2)6-4-5-7-15/h9-10H,3-8,11H2,1-2H3,(H2,16,17,18). The summed E-state index contributed by atoms with van der Waals surface area (Å²) in [5.41, 5.74) is 0.353. The molecule has 0 atom stereocenters. The summed E-state index contributed by atoms with van der Waals surface area (Å²) in [5.74, 6) is 1.14. The van der Waals surface area contributed by atoms with Crippen molar-refractivity contribution < 1.29 is 4.92 Å². The quantitative estimate of drug-likeness (QED) is 0.590. The lowest BCUT2D eigenvalue weighted by Gasteiger charge is -2.24. The van der Waals surface area contributed by atoms with Crippen LogP contribution in [0.1, 0.15) is 46.0 Å². The second kappa shape index (κ2) is 6.74. The SMILES string of the molecule is CCCNc1cc([N+](=O)[O-])cc(NCC2(C)CCCC2)n1. The number of nitro groups is 1. The van der Waals surface area contributed by atoms with Crippen LogP contribution in [0.25, 0.3) is 0 Å². The molecule has 6 heteroatoms. The van der Waals surface area contributed by atoms with Gasteiger partial charge in [0, 0.05) is 13.1 Å². The highest BCUT2D eigenvalue weighted by molar-refractivity contribution is 5.54. The van der Waals surface area contributed by atoms with Crippen LogP contribution in [0.2, 0.25) is 0 Å². The van der Waals surface area contributed by atoms with Crippen LogP contribution >= 0.6 is 0 Å². The molecule has 116 valence electrons. The van der Waals surface area contributed by atoms with Gasteiger partial charge in [0.15, 0.2) is 0 Å². The molecule has 0 unspecified atom stereocenters. The number of pyridine rings is 1. The Labute approximate surface area is 125 Å². The van der Waals surface area contributed by atoms with Gasteiger partial charge in [-0.1, -0.05) is 26.7 Å². The smallest absolute Gasteiger partial charge is 0.276 e. The van der Waals surface area contributed by atoms with E-state index in [9.17, 15) is 10.1 Å². The average molecular weight is 292 g/mol. The highest BCUT2D eigenvalue weighted by Crippen LogP contribution is 2.37. The Kier molecular flexibility index (Phi) is 4.98. The largest absolute Gasteiger partial charge is 0.370 e. The molecule has 1 saturated carbocycles. The first-order valence-corrected chi connectivity index (χ1v) is 7.67. The van der Waals surface area contributed by atoms with Gasteiger partial charge >= 0.3 is 0 Å². The normalized spacial score (nSPS) is 16.7. The zero-order valence-electron chi connectivity index (χ0n) is 12.8. The summed E-state index contributed by atoms with van der Waals surface area (Å²) in [6.07, 6.45) is 5.89. The second-order valence-electron chi connectivity index (χ2n) is 6.15. The van der Waals surface area contributed by atoms with Crippen molar-refractivity contribution in [1.29, 1.82) is 0 Å². The molecule has 2 N–H and O–H groups in total. The van der Waals surface area contributed by atoms with Gasteiger partial charge in [0.2, 0.25) is 0 Å². The van der Waals surface area contributed by atoms with E-state index in [0.717, 1.165) is 19.5 Å². The van der Waals surface area contributed by atoms with Crippen LogP contribution < -0.4 is 10.6 Å². The van der Waals surface area contributed by atoms with Crippen LogP contribution in [0.4, 0.5) is 17.3 Å². The molecule has 1 fully saturated rings. The Morgan fingerprint density at radius 3 is 2.48 bits per heavy atom. The fourth-order valence-electron chi connectivity index (χ4n) is 2.77. The highest BCUT2D eigenvalue weighted by atomic mass is 16.6. The summed E-state index contributed by atoms with van der Waals surface area (Å²) in [7, 11) is 0. The van der Waals surface area contributed by atoms with Crippen molar-refractivity contribution in [2.45, 2.75) is 46.0 Å². The molecule has 0 saturated heterocycles. The number of rotatable bonds is 7. The molecule has 1 aromatic heterocycles. The van der Waals surface area contributed by atoms with E-state index in [1.807, 2.05) is 6.92 Å². The van der Waals surface area contributed by atoms with Gasteiger partial charge in [-0.2, -0.15) is 0 Å². The average Bonchev–Trinajstić information content (AvgIpc) is 2.90. The lowest BCUT2D eigenvalue weighted by Crippen LogP contribution is -2.23. The summed E-state index contributed by atoms with van der Waals surface area (Å²) in [6.45, 7) is 5.88. The lowest BCUT2D eigenvalue weighted by atomic mass is 9.89. The molecule has 0 bridgehead atoms. The van der Waals surface area contributed by atoms with Crippen molar-refractivity contribution in [3.05, 3.63) is 22.2 Å². The minimum atomic E-state index is -0.374. The van der Waals surface area contributed by atoms with Crippen molar-refractivity contribution in [3.63, 3.8) is 0 Å². The zero-order chi connectivity index (χ0) is 15.3. The minimum Gasteiger partial charge on any atom is -0.370 e. The first-order chi connectivity index (χ1) is 10.0. The predicted molar refractivity (Wildman–Crippen MR) is 84.7 cm³/mol. The number of aromatic nitrogens is 1. The monoisotopic (exact) mass is 292 g/mol.